The highest BCUT2D eigenvalue weighted by atomic mass is 16.5. The second-order valence-electron chi connectivity index (χ2n) is 5.90. The Kier molecular flexibility index (Phi) is 5.03. The Morgan fingerprint density at radius 3 is 2.67 bits per heavy atom. The summed E-state index contributed by atoms with van der Waals surface area (Å²) in [6, 6.07) is 7.28. The van der Waals surface area contributed by atoms with Crippen molar-refractivity contribution in [3.63, 3.8) is 0 Å². The second kappa shape index (κ2) is 7.41. The van der Waals surface area contributed by atoms with Gasteiger partial charge < -0.3 is 24.4 Å². The molecule has 140 valence electrons. The molecule has 0 fully saturated rings. The maximum atomic E-state index is 12.5. The SMILES string of the molecule is C/C=C/C(=O)Oc1cc(O)c2c(c1)O[C@H](c1ccc(OC)c(O)c1)CC2=O. The Hall–Kier alpha value is -3.48. The number of carbonyl (C=O) groups is 2. The zero-order valence-electron chi connectivity index (χ0n) is 14.8. The maximum absolute atomic E-state index is 12.5. The summed E-state index contributed by atoms with van der Waals surface area (Å²) in [5.74, 6) is -0.867. The molecule has 0 saturated carbocycles. The van der Waals surface area contributed by atoms with E-state index in [1.165, 1.54) is 37.5 Å². The molecule has 7 nitrogen and oxygen atoms in total. The molecule has 1 aliphatic heterocycles. The summed E-state index contributed by atoms with van der Waals surface area (Å²) in [5, 5.41) is 20.1. The van der Waals surface area contributed by atoms with Gasteiger partial charge in [-0.15, -0.1) is 0 Å². The van der Waals surface area contributed by atoms with Crippen molar-refractivity contribution < 1.29 is 34.0 Å². The lowest BCUT2D eigenvalue weighted by molar-refractivity contribution is -0.129. The van der Waals surface area contributed by atoms with E-state index in [0.717, 1.165) is 0 Å². The van der Waals surface area contributed by atoms with E-state index in [2.05, 4.69) is 0 Å². The van der Waals surface area contributed by atoms with Crippen LogP contribution in [-0.2, 0) is 4.79 Å². The number of carbonyl (C=O) groups excluding carboxylic acids is 2. The number of hydrogen-bond acceptors (Lipinski definition) is 7. The molecule has 0 spiro atoms. The van der Waals surface area contributed by atoms with Gasteiger partial charge >= 0.3 is 5.97 Å². The highest BCUT2D eigenvalue weighted by Gasteiger charge is 2.31. The third-order valence-corrected chi connectivity index (χ3v) is 4.07. The molecular weight excluding hydrogens is 352 g/mol. The molecule has 1 atom stereocenters. The van der Waals surface area contributed by atoms with Gasteiger partial charge in [-0.2, -0.15) is 0 Å². The molecule has 2 N–H and O–H groups in total. The summed E-state index contributed by atoms with van der Waals surface area (Å²) >= 11 is 0. The van der Waals surface area contributed by atoms with Gasteiger partial charge in [-0.1, -0.05) is 12.1 Å². The number of aromatic hydroxyl groups is 2. The van der Waals surface area contributed by atoms with Gasteiger partial charge in [0.05, 0.1) is 13.5 Å². The molecule has 27 heavy (non-hydrogen) atoms. The van der Waals surface area contributed by atoms with Crippen molar-refractivity contribution >= 4 is 11.8 Å². The van der Waals surface area contributed by atoms with Crippen molar-refractivity contribution in [2.24, 2.45) is 0 Å². The van der Waals surface area contributed by atoms with Crippen LogP contribution < -0.4 is 14.2 Å². The molecule has 0 aromatic heterocycles. The minimum atomic E-state index is -0.664. The normalized spacial score (nSPS) is 15.9. The second-order valence-corrected chi connectivity index (χ2v) is 5.90. The predicted molar refractivity (Wildman–Crippen MR) is 95.5 cm³/mol. The van der Waals surface area contributed by atoms with E-state index in [4.69, 9.17) is 14.2 Å². The van der Waals surface area contributed by atoms with Gasteiger partial charge in [-0.3, -0.25) is 4.79 Å². The van der Waals surface area contributed by atoms with Gasteiger partial charge in [-0.25, -0.2) is 4.79 Å². The summed E-state index contributed by atoms with van der Waals surface area (Å²) in [6.45, 7) is 1.67. The number of fused-ring (bicyclic) bond motifs is 1. The number of phenolic OH excluding ortho intramolecular Hbond substituents is 2. The number of rotatable bonds is 4. The molecule has 2 aromatic carbocycles. The van der Waals surface area contributed by atoms with E-state index < -0.39 is 12.1 Å². The molecule has 1 heterocycles. The van der Waals surface area contributed by atoms with Crippen molar-refractivity contribution in [1.29, 1.82) is 0 Å². The standard InChI is InChI=1S/C20H18O7/c1-3-4-19(24)26-12-8-14(22)20-15(23)10-17(27-18(20)9-12)11-5-6-16(25-2)13(21)7-11/h3-9,17,21-22H,10H2,1-2H3/b4-3+/t17-/m0/s1. The summed E-state index contributed by atoms with van der Waals surface area (Å²) in [4.78, 5) is 24.1. The van der Waals surface area contributed by atoms with Crippen molar-refractivity contribution in [2.75, 3.05) is 7.11 Å². The Bertz CT molecular complexity index is 930. The number of allylic oxidation sites excluding steroid dienone is 1. The van der Waals surface area contributed by atoms with Crippen molar-refractivity contribution in [2.45, 2.75) is 19.4 Å². The third-order valence-electron chi connectivity index (χ3n) is 4.07. The molecule has 0 bridgehead atoms. The van der Waals surface area contributed by atoms with E-state index in [-0.39, 0.29) is 40.8 Å². The summed E-state index contributed by atoms with van der Waals surface area (Å²) < 4.78 is 15.9. The molecule has 7 heteroatoms. The Morgan fingerprint density at radius 1 is 1.22 bits per heavy atom. The smallest absolute Gasteiger partial charge is 0.335 e. The van der Waals surface area contributed by atoms with Crippen LogP contribution in [0.4, 0.5) is 0 Å². The third kappa shape index (κ3) is 3.72. The minimum absolute atomic E-state index is 0.00989. The van der Waals surface area contributed by atoms with E-state index >= 15 is 0 Å². The van der Waals surface area contributed by atoms with E-state index in [1.807, 2.05) is 0 Å². The van der Waals surface area contributed by atoms with Gasteiger partial charge in [-0.05, 0) is 24.6 Å². The number of methoxy groups -OCH3 is 1. The quantitative estimate of drug-likeness (QED) is 0.484. The van der Waals surface area contributed by atoms with E-state index in [0.29, 0.717) is 11.3 Å². The molecule has 0 radical (unpaired) electrons. The number of ether oxygens (including phenoxy) is 3. The van der Waals surface area contributed by atoms with Crippen LogP contribution in [0.5, 0.6) is 28.7 Å². The lowest BCUT2D eigenvalue weighted by Crippen LogP contribution is -2.20. The highest BCUT2D eigenvalue weighted by Crippen LogP contribution is 2.43. The molecule has 3 rings (SSSR count). The first-order chi connectivity index (χ1) is 12.9. The van der Waals surface area contributed by atoms with Gasteiger partial charge in [0.15, 0.2) is 17.3 Å². The Balaban J connectivity index is 1.93. The highest BCUT2D eigenvalue weighted by molar-refractivity contribution is 6.02. The largest absolute Gasteiger partial charge is 0.507 e. The maximum Gasteiger partial charge on any atom is 0.335 e. The van der Waals surface area contributed by atoms with Crippen molar-refractivity contribution in [3.05, 3.63) is 53.6 Å². The van der Waals surface area contributed by atoms with Crippen LogP contribution in [0.2, 0.25) is 0 Å². The number of hydrogen-bond donors (Lipinski definition) is 2. The molecule has 1 aliphatic rings. The van der Waals surface area contributed by atoms with E-state index in [9.17, 15) is 19.8 Å². The van der Waals surface area contributed by atoms with Crippen molar-refractivity contribution in [1.82, 2.24) is 0 Å². The first-order valence-electron chi connectivity index (χ1n) is 8.21. The zero-order chi connectivity index (χ0) is 19.6. The van der Waals surface area contributed by atoms with Gasteiger partial charge in [0, 0.05) is 18.2 Å². The van der Waals surface area contributed by atoms with E-state index in [1.54, 1.807) is 19.1 Å². The van der Waals surface area contributed by atoms with Crippen LogP contribution in [0.15, 0.2) is 42.5 Å². The number of esters is 1. The number of Topliss-reactive ketones (excluding diaryl/α,β-unsaturated/α-hetero) is 1. The zero-order valence-corrected chi connectivity index (χ0v) is 14.8. The average molecular weight is 370 g/mol. The molecule has 0 amide bonds. The number of benzene rings is 2. The van der Waals surface area contributed by atoms with Gasteiger partial charge in [0.1, 0.15) is 28.9 Å². The van der Waals surface area contributed by atoms with Gasteiger partial charge in [0.2, 0.25) is 0 Å². The molecule has 0 aliphatic carbocycles. The molecular formula is C20H18O7. The monoisotopic (exact) mass is 370 g/mol. The fraction of sp³-hybridized carbons (Fsp3) is 0.200. The Labute approximate surface area is 155 Å². The number of phenols is 2. The first-order valence-corrected chi connectivity index (χ1v) is 8.21. The average Bonchev–Trinajstić information content (AvgIpc) is 2.61. The molecule has 2 aromatic rings. The fourth-order valence-electron chi connectivity index (χ4n) is 2.85. The lowest BCUT2D eigenvalue weighted by Gasteiger charge is -2.26. The summed E-state index contributed by atoms with van der Waals surface area (Å²) in [5.41, 5.74) is 0.609. The van der Waals surface area contributed by atoms with Crippen LogP contribution in [0.3, 0.4) is 0 Å². The minimum Gasteiger partial charge on any atom is -0.507 e. The van der Waals surface area contributed by atoms with Crippen LogP contribution in [-0.4, -0.2) is 29.1 Å². The van der Waals surface area contributed by atoms with Crippen LogP contribution in [0, 0.1) is 0 Å². The van der Waals surface area contributed by atoms with Crippen molar-refractivity contribution in [3.8, 4) is 28.7 Å². The fourth-order valence-corrected chi connectivity index (χ4v) is 2.85. The summed E-state index contributed by atoms with van der Waals surface area (Å²) in [7, 11) is 1.44. The van der Waals surface area contributed by atoms with Crippen LogP contribution >= 0.6 is 0 Å². The topological polar surface area (TPSA) is 102 Å². The predicted octanol–water partition coefficient (Wildman–Crippen LogP) is 3.29. The lowest BCUT2D eigenvalue weighted by atomic mass is 9.95. The van der Waals surface area contributed by atoms with Gasteiger partial charge in [0.25, 0.3) is 0 Å². The first kappa shape index (κ1) is 18.3. The van der Waals surface area contributed by atoms with Crippen LogP contribution in [0.25, 0.3) is 0 Å². The van der Waals surface area contributed by atoms with Crippen LogP contribution in [0.1, 0.15) is 35.4 Å². The molecule has 0 unspecified atom stereocenters. The summed E-state index contributed by atoms with van der Waals surface area (Å²) in [6.07, 6.45) is 2.07. The molecule has 0 saturated heterocycles. The Morgan fingerprint density at radius 2 is 2.00 bits per heavy atom. The number of ketones is 1.